The van der Waals surface area contributed by atoms with E-state index in [-0.39, 0.29) is 23.1 Å². The fourth-order valence-electron chi connectivity index (χ4n) is 3.53. The molecule has 2 unspecified atom stereocenters. The van der Waals surface area contributed by atoms with Gasteiger partial charge >= 0.3 is 0 Å². The van der Waals surface area contributed by atoms with Gasteiger partial charge in [-0.2, -0.15) is 0 Å². The van der Waals surface area contributed by atoms with Crippen molar-refractivity contribution in [2.45, 2.75) is 45.2 Å². The average molecular weight is 257 g/mol. The quantitative estimate of drug-likeness (QED) is 0.764. The highest BCUT2D eigenvalue weighted by atomic mass is 16.2. The van der Waals surface area contributed by atoms with Crippen LogP contribution in [0.25, 0.3) is 0 Å². The summed E-state index contributed by atoms with van der Waals surface area (Å²) in [5, 5.41) is 0. The number of rotatable bonds is 2. The van der Waals surface area contributed by atoms with Gasteiger partial charge in [0.2, 0.25) is 5.91 Å². The van der Waals surface area contributed by atoms with E-state index in [0.29, 0.717) is 19.4 Å². The number of carbonyl (C=O) groups excluding carboxylic acids is 2. The Bertz CT molecular complexity index is 511. The zero-order valence-electron chi connectivity index (χ0n) is 11.3. The maximum atomic E-state index is 12.5. The fourth-order valence-corrected chi connectivity index (χ4v) is 3.53. The Hall–Kier alpha value is -1.64. The fraction of sp³-hybridized carbons (Fsp3) is 0.500. The third kappa shape index (κ3) is 1.88. The molecule has 1 saturated heterocycles. The van der Waals surface area contributed by atoms with E-state index in [1.54, 1.807) is 0 Å². The number of carbonyl (C=O) groups is 2. The summed E-state index contributed by atoms with van der Waals surface area (Å²) in [5.41, 5.74) is 0.782. The molecule has 1 aromatic rings. The minimum atomic E-state index is -0.371. The monoisotopic (exact) mass is 257 g/mol. The van der Waals surface area contributed by atoms with Gasteiger partial charge in [0.05, 0.1) is 5.41 Å². The van der Waals surface area contributed by atoms with Gasteiger partial charge in [-0.1, -0.05) is 30.3 Å². The molecule has 1 aliphatic heterocycles. The molecule has 2 fully saturated rings. The molecule has 1 heterocycles. The first-order valence-electron chi connectivity index (χ1n) is 7.00. The van der Waals surface area contributed by atoms with Crippen molar-refractivity contribution < 1.29 is 9.59 Å². The van der Waals surface area contributed by atoms with Crippen LogP contribution in [-0.4, -0.2) is 22.6 Å². The van der Waals surface area contributed by atoms with E-state index in [4.69, 9.17) is 0 Å². The molecule has 3 nitrogen and oxygen atoms in total. The van der Waals surface area contributed by atoms with Gasteiger partial charge in [0.25, 0.3) is 0 Å². The van der Waals surface area contributed by atoms with Crippen molar-refractivity contribution in [2.24, 2.45) is 5.41 Å². The zero-order valence-corrected chi connectivity index (χ0v) is 11.3. The second-order valence-electron chi connectivity index (χ2n) is 5.82. The van der Waals surface area contributed by atoms with E-state index >= 15 is 0 Å². The third-order valence-electron chi connectivity index (χ3n) is 4.74. The first kappa shape index (κ1) is 12.4. The van der Waals surface area contributed by atoms with Gasteiger partial charge in [-0.3, -0.25) is 9.59 Å². The number of likely N-dealkylation sites (tertiary alicyclic amines) is 1. The molecule has 0 aromatic heterocycles. The first-order chi connectivity index (χ1) is 9.13. The molecule has 0 bridgehead atoms. The van der Waals surface area contributed by atoms with Crippen molar-refractivity contribution in [1.29, 1.82) is 0 Å². The molecule has 1 amide bonds. The van der Waals surface area contributed by atoms with Crippen LogP contribution in [0, 0.1) is 5.41 Å². The standard InChI is InChI=1S/C16H19NO2/c1-12-16(9-5-8-14(18)10-16)15(19)17(12)11-13-6-3-2-4-7-13/h2-4,6-7,12H,5,8-11H2,1H3. The second-order valence-corrected chi connectivity index (χ2v) is 5.82. The Morgan fingerprint density at radius 3 is 2.63 bits per heavy atom. The lowest BCUT2D eigenvalue weighted by Gasteiger charge is -2.56. The molecular formula is C16H19NO2. The number of hydrogen-bond acceptors (Lipinski definition) is 2. The molecule has 1 spiro atoms. The SMILES string of the molecule is CC1N(Cc2ccccc2)C(=O)C12CCCC(=O)C2. The molecule has 3 heteroatoms. The van der Waals surface area contributed by atoms with Gasteiger partial charge in [-0.15, -0.1) is 0 Å². The number of nitrogens with zero attached hydrogens (tertiary/aromatic N) is 1. The van der Waals surface area contributed by atoms with E-state index in [0.717, 1.165) is 18.4 Å². The highest BCUT2D eigenvalue weighted by molar-refractivity contribution is 5.96. The first-order valence-corrected chi connectivity index (χ1v) is 7.00. The van der Waals surface area contributed by atoms with E-state index in [1.165, 1.54) is 0 Å². The summed E-state index contributed by atoms with van der Waals surface area (Å²) in [6.07, 6.45) is 2.86. The summed E-state index contributed by atoms with van der Waals surface area (Å²) in [6, 6.07) is 10.2. The van der Waals surface area contributed by atoms with Gasteiger partial charge in [0.15, 0.2) is 0 Å². The lowest BCUT2D eigenvalue weighted by Crippen LogP contribution is -2.68. The molecule has 0 radical (unpaired) electrons. The van der Waals surface area contributed by atoms with E-state index < -0.39 is 0 Å². The van der Waals surface area contributed by atoms with Gasteiger partial charge in [-0.25, -0.2) is 0 Å². The number of hydrogen-bond donors (Lipinski definition) is 0. The molecule has 1 saturated carbocycles. The molecular weight excluding hydrogens is 238 g/mol. The minimum Gasteiger partial charge on any atom is -0.334 e. The number of ketones is 1. The van der Waals surface area contributed by atoms with Gasteiger partial charge in [0, 0.05) is 25.4 Å². The summed E-state index contributed by atoms with van der Waals surface area (Å²) >= 11 is 0. The van der Waals surface area contributed by atoms with Gasteiger partial charge in [-0.05, 0) is 25.3 Å². The van der Waals surface area contributed by atoms with Crippen LogP contribution in [-0.2, 0) is 16.1 Å². The van der Waals surface area contributed by atoms with Crippen molar-refractivity contribution >= 4 is 11.7 Å². The molecule has 2 aliphatic rings. The minimum absolute atomic E-state index is 0.178. The van der Waals surface area contributed by atoms with Crippen LogP contribution >= 0.6 is 0 Å². The third-order valence-corrected chi connectivity index (χ3v) is 4.74. The highest BCUT2D eigenvalue weighted by Gasteiger charge is 2.59. The summed E-state index contributed by atoms with van der Waals surface area (Å²) in [5.74, 6) is 0.433. The van der Waals surface area contributed by atoms with Crippen LogP contribution < -0.4 is 0 Å². The Kier molecular flexibility index (Phi) is 2.92. The summed E-state index contributed by atoms with van der Waals surface area (Å²) in [6.45, 7) is 2.75. The normalized spacial score (nSPS) is 30.6. The Morgan fingerprint density at radius 1 is 1.26 bits per heavy atom. The number of amides is 1. The molecule has 19 heavy (non-hydrogen) atoms. The summed E-state index contributed by atoms with van der Waals surface area (Å²) in [7, 11) is 0. The molecule has 2 atom stereocenters. The van der Waals surface area contributed by atoms with Crippen molar-refractivity contribution in [3.05, 3.63) is 35.9 Å². The average Bonchev–Trinajstić information content (AvgIpc) is 2.45. The lowest BCUT2D eigenvalue weighted by atomic mass is 9.62. The van der Waals surface area contributed by atoms with Crippen LogP contribution in [0.5, 0.6) is 0 Å². The number of Topliss-reactive ketones (excluding diaryl/α,β-unsaturated/α-hetero) is 1. The van der Waals surface area contributed by atoms with E-state index in [1.807, 2.05) is 35.2 Å². The van der Waals surface area contributed by atoms with Crippen LogP contribution in [0.1, 0.15) is 38.2 Å². The maximum Gasteiger partial charge on any atom is 0.231 e. The van der Waals surface area contributed by atoms with Crippen LogP contribution in [0.3, 0.4) is 0 Å². The Balaban J connectivity index is 1.74. The Labute approximate surface area is 113 Å². The van der Waals surface area contributed by atoms with Crippen LogP contribution in [0.15, 0.2) is 30.3 Å². The zero-order chi connectivity index (χ0) is 13.5. The van der Waals surface area contributed by atoms with Crippen LogP contribution in [0.4, 0.5) is 0 Å². The maximum absolute atomic E-state index is 12.5. The predicted molar refractivity (Wildman–Crippen MR) is 72.4 cm³/mol. The highest BCUT2D eigenvalue weighted by Crippen LogP contribution is 2.49. The molecule has 0 N–H and O–H groups in total. The van der Waals surface area contributed by atoms with Crippen molar-refractivity contribution in [3.8, 4) is 0 Å². The van der Waals surface area contributed by atoms with Crippen molar-refractivity contribution in [1.82, 2.24) is 4.90 Å². The topological polar surface area (TPSA) is 37.4 Å². The smallest absolute Gasteiger partial charge is 0.231 e. The lowest BCUT2D eigenvalue weighted by molar-refractivity contribution is -0.178. The van der Waals surface area contributed by atoms with Crippen molar-refractivity contribution in [3.63, 3.8) is 0 Å². The van der Waals surface area contributed by atoms with Crippen LogP contribution in [0.2, 0.25) is 0 Å². The predicted octanol–water partition coefficient (Wildman–Crippen LogP) is 2.55. The molecule has 100 valence electrons. The number of β-lactam (4-membered cyclic amide) rings is 1. The largest absolute Gasteiger partial charge is 0.334 e. The molecule has 1 aromatic carbocycles. The summed E-state index contributed by atoms with van der Waals surface area (Å²) < 4.78 is 0. The number of benzene rings is 1. The van der Waals surface area contributed by atoms with Gasteiger partial charge in [0.1, 0.15) is 5.78 Å². The molecule has 1 aliphatic carbocycles. The van der Waals surface area contributed by atoms with E-state index in [9.17, 15) is 9.59 Å². The van der Waals surface area contributed by atoms with Crippen molar-refractivity contribution in [2.75, 3.05) is 0 Å². The second kappa shape index (κ2) is 4.48. The van der Waals surface area contributed by atoms with E-state index in [2.05, 4.69) is 6.92 Å². The Morgan fingerprint density at radius 2 is 2.00 bits per heavy atom. The summed E-state index contributed by atoms with van der Waals surface area (Å²) in [4.78, 5) is 26.0. The van der Waals surface area contributed by atoms with Gasteiger partial charge < -0.3 is 4.90 Å². The molecule has 3 rings (SSSR count).